The summed E-state index contributed by atoms with van der Waals surface area (Å²) in [6, 6.07) is 6.83. The van der Waals surface area contributed by atoms with E-state index in [2.05, 4.69) is 15.1 Å². The standard InChI is InChI=1S/C24H24F4N4O5/c1-12-19(33-2)20(34-3)21(35-4)24(36-12)37-30-9-13-5-7-14(8-6-13)15-10-32(11-29-15)23-18(27)16(25)17(26)22(28)31-23/h5-12,19-21,24H,1-4H3/b30-9+/t12-,19-,20+,21+,24-/m0/s1. The van der Waals surface area contributed by atoms with E-state index in [9.17, 15) is 17.6 Å². The number of hydrogen-bond acceptors (Lipinski definition) is 8. The van der Waals surface area contributed by atoms with E-state index in [0.717, 1.165) is 10.9 Å². The molecule has 0 amide bonds. The van der Waals surface area contributed by atoms with E-state index < -0.39 is 47.7 Å². The zero-order valence-electron chi connectivity index (χ0n) is 20.3. The summed E-state index contributed by atoms with van der Waals surface area (Å²) in [4.78, 5) is 12.8. The second-order valence-electron chi connectivity index (χ2n) is 8.11. The first kappa shape index (κ1) is 26.7. The Morgan fingerprint density at radius 2 is 1.59 bits per heavy atom. The van der Waals surface area contributed by atoms with Crippen LogP contribution in [-0.4, -0.2) is 72.8 Å². The number of oxime groups is 1. The van der Waals surface area contributed by atoms with Crippen molar-refractivity contribution in [2.24, 2.45) is 5.16 Å². The number of imidazole rings is 1. The number of benzene rings is 1. The van der Waals surface area contributed by atoms with Crippen LogP contribution in [0.2, 0.25) is 0 Å². The molecule has 5 atom stereocenters. The van der Waals surface area contributed by atoms with E-state index in [1.807, 2.05) is 6.92 Å². The van der Waals surface area contributed by atoms with Crippen LogP contribution in [0.5, 0.6) is 0 Å². The molecule has 0 unspecified atom stereocenters. The first-order valence-electron chi connectivity index (χ1n) is 11.1. The van der Waals surface area contributed by atoms with Gasteiger partial charge in [-0.3, -0.25) is 4.57 Å². The molecule has 1 aliphatic heterocycles. The summed E-state index contributed by atoms with van der Waals surface area (Å²) in [7, 11) is 4.62. The van der Waals surface area contributed by atoms with E-state index in [0.29, 0.717) is 16.8 Å². The number of ether oxygens (including phenoxy) is 4. The van der Waals surface area contributed by atoms with Gasteiger partial charge in [-0.2, -0.15) is 18.2 Å². The highest BCUT2D eigenvalue weighted by Crippen LogP contribution is 2.28. The minimum atomic E-state index is -1.98. The molecule has 4 rings (SSSR count). The molecule has 37 heavy (non-hydrogen) atoms. The van der Waals surface area contributed by atoms with E-state index in [4.69, 9.17) is 23.8 Å². The van der Waals surface area contributed by atoms with Crippen LogP contribution >= 0.6 is 0 Å². The third kappa shape index (κ3) is 5.34. The third-order valence-electron chi connectivity index (χ3n) is 5.91. The van der Waals surface area contributed by atoms with Crippen molar-refractivity contribution in [3.05, 3.63) is 65.8 Å². The van der Waals surface area contributed by atoms with Crippen molar-refractivity contribution in [1.82, 2.24) is 14.5 Å². The van der Waals surface area contributed by atoms with Crippen LogP contribution in [0.25, 0.3) is 17.1 Å². The molecule has 0 bridgehead atoms. The lowest BCUT2D eigenvalue weighted by Gasteiger charge is -2.42. The van der Waals surface area contributed by atoms with Crippen molar-refractivity contribution in [3.8, 4) is 17.1 Å². The summed E-state index contributed by atoms with van der Waals surface area (Å²) in [5, 5.41) is 4.00. The Labute approximate surface area is 209 Å². The summed E-state index contributed by atoms with van der Waals surface area (Å²) >= 11 is 0. The maximum absolute atomic E-state index is 14.0. The van der Waals surface area contributed by atoms with Gasteiger partial charge in [-0.05, 0) is 12.5 Å². The molecule has 1 aromatic carbocycles. The minimum absolute atomic E-state index is 0.327. The Hall–Kier alpha value is -3.39. The van der Waals surface area contributed by atoms with Crippen molar-refractivity contribution >= 4 is 6.21 Å². The number of rotatable bonds is 8. The van der Waals surface area contributed by atoms with Gasteiger partial charge in [0.15, 0.2) is 11.9 Å². The molecule has 3 aromatic rings. The van der Waals surface area contributed by atoms with E-state index >= 15 is 0 Å². The van der Waals surface area contributed by atoms with Crippen molar-refractivity contribution in [1.29, 1.82) is 0 Å². The third-order valence-corrected chi connectivity index (χ3v) is 5.91. The van der Waals surface area contributed by atoms with Gasteiger partial charge in [0.25, 0.3) is 12.2 Å². The van der Waals surface area contributed by atoms with Gasteiger partial charge in [0.05, 0.1) is 18.0 Å². The van der Waals surface area contributed by atoms with Gasteiger partial charge < -0.3 is 23.8 Å². The van der Waals surface area contributed by atoms with E-state index in [1.165, 1.54) is 19.5 Å². The fourth-order valence-electron chi connectivity index (χ4n) is 4.03. The Kier molecular flexibility index (Phi) is 8.17. The smallest absolute Gasteiger partial charge is 0.256 e. The summed E-state index contributed by atoms with van der Waals surface area (Å²) in [6.07, 6.45) is 1.38. The molecular formula is C24H24F4N4O5. The van der Waals surface area contributed by atoms with Gasteiger partial charge in [-0.1, -0.05) is 29.4 Å². The molecule has 198 valence electrons. The Morgan fingerprint density at radius 1 is 0.919 bits per heavy atom. The normalized spacial score (nSPS) is 24.1. The molecule has 13 heteroatoms. The first-order valence-corrected chi connectivity index (χ1v) is 11.1. The van der Waals surface area contributed by atoms with Crippen LogP contribution in [-0.2, 0) is 23.8 Å². The first-order chi connectivity index (χ1) is 17.8. The molecule has 0 N–H and O–H groups in total. The number of pyridine rings is 1. The van der Waals surface area contributed by atoms with Crippen molar-refractivity contribution in [3.63, 3.8) is 0 Å². The van der Waals surface area contributed by atoms with Crippen LogP contribution in [0.1, 0.15) is 12.5 Å². The fraction of sp³-hybridized carbons (Fsp3) is 0.375. The van der Waals surface area contributed by atoms with Crippen LogP contribution < -0.4 is 0 Å². The molecule has 2 aromatic heterocycles. The lowest BCUT2D eigenvalue weighted by Crippen LogP contribution is -2.59. The Balaban J connectivity index is 1.44. The summed E-state index contributed by atoms with van der Waals surface area (Å²) in [6.45, 7) is 1.83. The van der Waals surface area contributed by atoms with Crippen molar-refractivity contribution < 1.29 is 41.3 Å². The van der Waals surface area contributed by atoms with Crippen LogP contribution in [0.4, 0.5) is 17.6 Å². The molecular weight excluding hydrogens is 500 g/mol. The quantitative estimate of drug-likeness (QED) is 0.192. The zero-order chi connectivity index (χ0) is 26.7. The summed E-state index contributed by atoms with van der Waals surface area (Å²) in [5.41, 5.74) is 1.64. The van der Waals surface area contributed by atoms with Crippen LogP contribution in [0, 0.1) is 23.4 Å². The van der Waals surface area contributed by atoms with E-state index in [1.54, 1.807) is 38.5 Å². The molecule has 1 aliphatic rings. The number of aromatic nitrogens is 3. The summed E-state index contributed by atoms with van der Waals surface area (Å²) in [5.74, 6) is -8.07. The Morgan fingerprint density at radius 3 is 2.24 bits per heavy atom. The van der Waals surface area contributed by atoms with Crippen LogP contribution in [0.3, 0.4) is 0 Å². The van der Waals surface area contributed by atoms with E-state index in [-0.39, 0.29) is 12.2 Å². The fourth-order valence-corrected chi connectivity index (χ4v) is 4.03. The largest absolute Gasteiger partial charge is 0.376 e. The molecule has 9 nitrogen and oxygen atoms in total. The van der Waals surface area contributed by atoms with Gasteiger partial charge in [0.2, 0.25) is 17.5 Å². The maximum atomic E-state index is 14.0. The molecule has 1 fully saturated rings. The predicted molar refractivity (Wildman–Crippen MR) is 122 cm³/mol. The van der Waals surface area contributed by atoms with Gasteiger partial charge in [-0.25, -0.2) is 9.37 Å². The number of hydrogen-bond donors (Lipinski definition) is 0. The molecule has 0 aliphatic carbocycles. The highest BCUT2D eigenvalue weighted by molar-refractivity contribution is 5.80. The minimum Gasteiger partial charge on any atom is -0.376 e. The molecule has 0 saturated carbocycles. The molecule has 0 spiro atoms. The number of methoxy groups -OCH3 is 3. The van der Waals surface area contributed by atoms with Crippen molar-refractivity contribution in [2.45, 2.75) is 37.6 Å². The predicted octanol–water partition coefficient (Wildman–Crippen LogP) is 3.63. The average Bonchev–Trinajstić information content (AvgIpc) is 3.39. The van der Waals surface area contributed by atoms with Gasteiger partial charge in [0, 0.05) is 33.1 Å². The van der Waals surface area contributed by atoms with Crippen molar-refractivity contribution in [2.75, 3.05) is 21.3 Å². The average molecular weight is 524 g/mol. The summed E-state index contributed by atoms with van der Waals surface area (Å²) < 4.78 is 77.5. The van der Waals surface area contributed by atoms with Gasteiger partial charge >= 0.3 is 0 Å². The molecule has 0 radical (unpaired) electrons. The van der Waals surface area contributed by atoms with Gasteiger partial charge in [0.1, 0.15) is 18.5 Å². The highest BCUT2D eigenvalue weighted by Gasteiger charge is 2.46. The van der Waals surface area contributed by atoms with Crippen LogP contribution in [0.15, 0.2) is 41.9 Å². The lowest BCUT2D eigenvalue weighted by molar-refractivity contribution is -0.305. The van der Waals surface area contributed by atoms with Gasteiger partial charge in [-0.15, -0.1) is 0 Å². The highest BCUT2D eigenvalue weighted by atomic mass is 19.2. The second-order valence-corrected chi connectivity index (χ2v) is 8.11. The zero-order valence-corrected chi connectivity index (χ0v) is 20.3. The number of halogens is 4. The lowest BCUT2D eigenvalue weighted by atomic mass is 9.99. The molecule has 3 heterocycles. The monoisotopic (exact) mass is 524 g/mol. The number of nitrogens with zero attached hydrogens (tertiary/aromatic N) is 4. The SMILES string of the molecule is CO[C@@H]1[C@@H](OC)[C@H](C)O[C@@H](O/N=C/c2ccc(-c3cn(-c4nc(F)c(F)c(F)c4F)cn3)cc2)[C@@H]1OC. The maximum Gasteiger partial charge on any atom is 0.256 e. The second kappa shape index (κ2) is 11.3. The topological polar surface area (TPSA) is 89.2 Å². The molecule has 1 saturated heterocycles. The Bertz CT molecular complexity index is 1260.